The Kier molecular flexibility index (Phi) is 4.82. The highest BCUT2D eigenvalue weighted by atomic mass is 16.4. The first kappa shape index (κ1) is 16.1. The first-order valence-corrected chi connectivity index (χ1v) is 7.98. The van der Waals surface area contributed by atoms with Gasteiger partial charge in [-0.25, -0.2) is 4.79 Å². The Morgan fingerprint density at radius 1 is 1.12 bits per heavy atom. The van der Waals surface area contributed by atoms with Crippen LogP contribution in [-0.4, -0.2) is 27.6 Å². The molecule has 0 aliphatic heterocycles. The highest BCUT2D eigenvalue weighted by Crippen LogP contribution is 2.21. The van der Waals surface area contributed by atoms with Crippen molar-refractivity contribution in [1.29, 1.82) is 0 Å². The lowest BCUT2D eigenvalue weighted by Gasteiger charge is -2.19. The van der Waals surface area contributed by atoms with E-state index >= 15 is 0 Å². The van der Waals surface area contributed by atoms with Crippen LogP contribution in [0.2, 0.25) is 0 Å². The lowest BCUT2D eigenvalue weighted by atomic mass is 10.1. The van der Waals surface area contributed by atoms with Crippen molar-refractivity contribution in [3.05, 3.63) is 71.4 Å². The van der Waals surface area contributed by atoms with E-state index in [1.807, 2.05) is 48.7 Å². The molecule has 0 aliphatic rings. The van der Waals surface area contributed by atoms with Crippen molar-refractivity contribution < 1.29 is 9.90 Å². The number of rotatable bonds is 6. The molecular weight excluding hydrogens is 302 g/mol. The van der Waals surface area contributed by atoms with Crippen molar-refractivity contribution in [2.45, 2.75) is 19.5 Å². The first-order valence-electron chi connectivity index (χ1n) is 7.98. The Morgan fingerprint density at radius 3 is 2.62 bits per heavy atom. The number of hydrogen-bond donors (Lipinski definition) is 3. The van der Waals surface area contributed by atoms with Crippen LogP contribution >= 0.6 is 0 Å². The molecule has 0 bridgehead atoms. The number of nitrogens with two attached hydrogens (primary N) is 1. The maximum absolute atomic E-state index is 11.5. The second kappa shape index (κ2) is 7.19. The van der Waals surface area contributed by atoms with Gasteiger partial charge in [-0.2, -0.15) is 0 Å². The van der Waals surface area contributed by atoms with Crippen LogP contribution in [0, 0.1) is 0 Å². The smallest absolute Gasteiger partial charge is 0.407 e. The molecule has 2 aromatic carbocycles. The molecule has 0 unspecified atom stereocenters. The number of H-pyrrole nitrogens is 1. The molecule has 24 heavy (non-hydrogen) atoms. The summed E-state index contributed by atoms with van der Waals surface area (Å²) in [5.41, 5.74) is 9.93. The predicted molar refractivity (Wildman–Crippen MR) is 94.8 cm³/mol. The van der Waals surface area contributed by atoms with Crippen molar-refractivity contribution in [3.8, 4) is 0 Å². The highest BCUT2D eigenvalue weighted by Gasteiger charge is 2.13. The summed E-state index contributed by atoms with van der Waals surface area (Å²) in [6, 6.07) is 15.7. The third kappa shape index (κ3) is 3.58. The third-order valence-electron chi connectivity index (χ3n) is 4.21. The van der Waals surface area contributed by atoms with E-state index < -0.39 is 6.09 Å². The van der Waals surface area contributed by atoms with Gasteiger partial charge in [0.1, 0.15) is 0 Å². The number of nitrogens with zero attached hydrogens (tertiary/aromatic N) is 1. The van der Waals surface area contributed by atoms with Crippen molar-refractivity contribution in [2.24, 2.45) is 5.73 Å². The summed E-state index contributed by atoms with van der Waals surface area (Å²) >= 11 is 0. The Bertz CT molecular complexity index is 827. The van der Waals surface area contributed by atoms with Crippen molar-refractivity contribution in [1.82, 2.24) is 9.88 Å². The van der Waals surface area contributed by atoms with E-state index in [0.717, 1.165) is 27.6 Å². The number of hydrogen-bond acceptors (Lipinski definition) is 2. The number of benzene rings is 2. The summed E-state index contributed by atoms with van der Waals surface area (Å²) in [5, 5.41) is 10.6. The Hall–Kier alpha value is -2.79. The van der Waals surface area contributed by atoms with E-state index in [0.29, 0.717) is 26.1 Å². The van der Waals surface area contributed by atoms with Crippen molar-refractivity contribution in [2.75, 3.05) is 6.54 Å². The number of nitrogens with one attached hydrogen (secondary N) is 1. The van der Waals surface area contributed by atoms with Gasteiger partial charge in [-0.15, -0.1) is 0 Å². The molecule has 0 radical (unpaired) electrons. The van der Waals surface area contributed by atoms with Crippen LogP contribution in [0.3, 0.4) is 0 Å². The first-order chi connectivity index (χ1) is 11.7. The Balaban J connectivity index is 1.74. The summed E-state index contributed by atoms with van der Waals surface area (Å²) in [6.07, 6.45) is 1.71. The van der Waals surface area contributed by atoms with Gasteiger partial charge < -0.3 is 20.7 Å². The van der Waals surface area contributed by atoms with Gasteiger partial charge in [0.25, 0.3) is 0 Å². The van der Waals surface area contributed by atoms with Gasteiger partial charge in [0.05, 0.1) is 0 Å². The van der Waals surface area contributed by atoms with Gasteiger partial charge in [-0.3, -0.25) is 0 Å². The fraction of sp³-hybridized carbons (Fsp3) is 0.211. The zero-order valence-electron chi connectivity index (χ0n) is 13.4. The molecule has 0 atom stereocenters. The van der Waals surface area contributed by atoms with Gasteiger partial charge in [0, 0.05) is 36.7 Å². The molecular formula is C19H21N3O2. The Labute approximate surface area is 140 Å². The molecule has 0 spiro atoms. The molecule has 5 nitrogen and oxygen atoms in total. The highest BCUT2D eigenvalue weighted by molar-refractivity contribution is 5.84. The van der Waals surface area contributed by atoms with Crippen LogP contribution < -0.4 is 5.73 Å². The summed E-state index contributed by atoms with van der Waals surface area (Å²) in [4.78, 5) is 16.2. The van der Waals surface area contributed by atoms with Crippen LogP contribution in [-0.2, 0) is 19.5 Å². The molecule has 0 saturated heterocycles. The second-order valence-electron chi connectivity index (χ2n) is 5.84. The van der Waals surface area contributed by atoms with Gasteiger partial charge >= 0.3 is 6.09 Å². The molecule has 3 aromatic rings. The van der Waals surface area contributed by atoms with Crippen LogP contribution in [0.5, 0.6) is 0 Å². The summed E-state index contributed by atoms with van der Waals surface area (Å²) < 4.78 is 0. The maximum Gasteiger partial charge on any atom is 0.407 e. The number of fused-ring (bicyclic) bond motifs is 1. The third-order valence-corrected chi connectivity index (χ3v) is 4.21. The topological polar surface area (TPSA) is 82.4 Å². The molecule has 3 rings (SSSR count). The minimum Gasteiger partial charge on any atom is -0.465 e. The van der Waals surface area contributed by atoms with Crippen molar-refractivity contribution in [3.63, 3.8) is 0 Å². The van der Waals surface area contributed by atoms with E-state index in [-0.39, 0.29) is 0 Å². The quantitative estimate of drug-likeness (QED) is 0.650. The van der Waals surface area contributed by atoms with Crippen LogP contribution in [0.4, 0.5) is 4.79 Å². The zero-order valence-corrected chi connectivity index (χ0v) is 13.4. The number of amides is 1. The average Bonchev–Trinajstić information content (AvgIpc) is 3.01. The van der Waals surface area contributed by atoms with Crippen LogP contribution in [0.1, 0.15) is 16.7 Å². The summed E-state index contributed by atoms with van der Waals surface area (Å²) in [6.45, 7) is 1.34. The second-order valence-corrected chi connectivity index (χ2v) is 5.84. The van der Waals surface area contributed by atoms with Crippen LogP contribution in [0.15, 0.2) is 54.7 Å². The monoisotopic (exact) mass is 323 g/mol. The number of carbonyl (C=O) groups is 1. The normalized spacial score (nSPS) is 10.9. The molecule has 124 valence electrons. The molecule has 1 amide bonds. The van der Waals surface area contributed by atoms with Gasteiger partial charge in [-0.05, 0) is 35.2 Å². The molecule has 0 aliphatic carbocycles. The average molecular weight is 323 g/mol. The van der Waals surface area contributed by atoms with E-state index in [9.17, 15) is 9.90 Å². The van der Waals surface area contributed by atoms with E-state index in [4.69, 9.17) is 5.73 Å². The Morgan fingerprint density at radius 2 is 1.92 bits per heavy atom. The summed E-state index contributed by atoms with van der Waals surface area (Å²) in [5.74, 6) is 0. The summed E-state index contributed by atoms with van der Waals surface area (Å²) in [7, 11) is 0. The largest absolute Gasteiger partial charge is 0.465 e. The van der Waals surface area contributed by atoms with Crippen LogP contribution in [0.25, 0.3) is 10.9 Å². The molecule has 1 heterocycles. The number of aromatic amines is 1. The fourth-order valence-electron chi connectivity index (χ4n) is 2.86. The van der Waals surface area contributed by atoms with Gasteiger partial charge in [0.2, 0.25) is 0 Å². The molecule has 5 heteroatoms. The standard InChI is InChI=1S/C19H21N3O2/c20-11-15-6-7-18-17(10-15)16(12-21-18)8-9-22(19(23)24)13-14-4-2-1-3-5-14/h1-7,10,12,21H,8-9,11,13,20H2,(H,23,24). The number of aromatic nitrogens is 1. The zero-order chi connectivity index (χ0) is 16.9. The van der Waals surface area contributed by atoms with E-state index in [2.05, 4.69) is 11.1 Å². The lowest BCUT2D eigenvalue weighted by Crippen LogP contribution is -2.30. The molecule has 1 aromatic heterocycles. The van der Waals surface area contributed by atoms with Gasteiger partial charge in [-0.1, -0.05) is 36.4 Å². The predicted octanol–water partition coefficient (Wildman–Crippen LogP) is 3.35. The van der Waals surface area contributed by atoms with Crippen molar-refractivity contribution >= 4 is 17.0 Å². The maximum atomic E-state index is 11.5. The molecule has 4 N–H and O–H groups in total. The van der Waals surface area contributed by atoms with E-state index in [1.165, 1.54) is 4.90 Å². The number of carboxylic acid groups (broad SMARTS) is 1. The van der Waals surface area contributed by atoms with E-state index in [1.54, 1.807) is 0 Å². The molecule has 0 fully saturated rings. The van der Waals surface area contributed by atoms with Gasteiger partial charge in [0.15, 0.2) is 0 Å². The SMILES string of the molecule is NCc1ccc2[nH]cc(CCN(Cc3ccccc3)C(=O)O)c2c1. The minimum atomic E-state index is -0.902. The molecule has 0 saturated carbocycles. The minimum absolute atomic E-state index is 0.395. The lowest BCUT2D eigenvalue weighted by molar-refractivity contribution is 0.143. The fourth-order valence-corrected chi connectivity index (χ4v) is 2.86.